The molecule has 2 unspecified atom stereocenters. The normalized spacial score (nSPS) is 22.8. The van der Waals surface area contributed by atoms with Gasteiger partial charge in [-0.1, -0.05) is 19.6 Å². The van der Waals surface area contributed by atoms with Crippen LogP contribution >= 0.6 is 0 Å². The number of ether oxygens (including phenoxy) is 1. The molecule has 1 saturated carbocycles. The number of fused-ring (bicyclic) bond motifs is 1. The summed E-state index contributed by atoms with van der Waals surface area (Å²) < 4.78 is 5.08. The first-order valence-corrected chi connectivity index (χ1v) is 7.15. The summed E-state index contributed by atoms with van der Waals surface area (Å²) in [7, 11) is 1.33. The minimum absolute atomic E-state index is 0. The third-order valence-corrected chi connectivity index (χ3v) is 4.12. The Bertz CT molecular complexity index is 583. The summed E-state index contributed by atoms with van der Waals surface area (Å²) in [6.45, 7) is 2.70. The van der Waals surface area contributed by atoms with E-state index in [1.165, 1.54) is 20.9 Å². The van der Waals surface area contributed by atoms with Crippen LogP contribution in [-0.2, 0) is 19.2 Å². The molecule has 2 fully saturated rings. The van der Waals surface area contributed by atoms with Gasteiger partial charge in [-0.2, -0.15) is 0 Å². The zero-order valence-electron chi connectivity index (χ0n) is 15.1. The van der Waals surface area contributed by atoms with E-state index in [4.69, 9.17) is 4.74 Å². The van der Waals surface area contributed by atoms with Crippen molar-refractivity contribution in [1.82, 2.24) is 4.90 Å². The molecule has 0 aromatic heterocycles. The molecule has 1 aliphatic carbocycles. The first-order chi connectivity index (χ1) is 10.9. The van der Waals surface area contributed by atoms with Gasteiger partial charge in [-0.15, -0.1) is 11.8 Å². The van der Waals surface area contributed by atoms with Gasteiger partial charge in [0.05, 0.1) is 0 Å². The molecule has 0 spiro atoms. The molecule has 11 heteroatoms. The fraction of sp³-hybridized carbons (Fsp3) is 0.571. The number of carbonyl (C=O) groups is 3. The van der Waals surface area contributed by atoms with Crippen LogP contribution in [0.2, 0.25) is 0 Å². The smallest absolute Gasteiger partial charge is 0.502 e. The second-order valence-corrected chi connectivity index (χ2v) is 5.37. The van der Waals surface area contributed by atoms with E-state index in [0.29, 0.717) is 12.0 Å². The number of hydrogen-bond donors (Lipinski definition) is 0. The van der Waals surface area contributed by atoms with E-state index < -0.39 is 17.9 Å². The topological polar surface area (TPSA) is 116 Å². The molecule has 2 rings (SSSR count). The predicted octanol–water partition coefficient (Wildman–Crippen LogP) is -3.80. The third-order valence-electron chi connectivity index (χ3n) is 4.12. The number of rotatable bonds is 4. The van der Waals surface area contributed by atoms with E-state index in [0.717, 1.165) is 17.7 Å². The summed E-state index contributed by atoms with van der Waals surface area (Å²) in [6, 6.07) is -0.849. The Balaban J connectivity index is 0.00000288. The number of amides is 3. The number of allylic oxidation sites excluding steroid dienone is 1. The summed E-state index contributed by atoms with van der Waals surface area (Å²) in [5.74, 6) is -1.49. The van der Waals surface area contributed by atoms with E-state index in [2.05, 4.69) is 15.5 Å². The third kappa shape index (κ3) is 5.75. The van der Waals surface area contributed by atoms with Gasteiger partial charge in [-0.05, 0) is 31.7 Å². The number of imide groups is 1. The molecule has 0 aromatic carbocycles. The Morgan fingerprint density at radius 3 is 2.52 bits per heavy atom. The van der Waals surface area contributed by atoms with Gasteiger partial charge < -0.3 is 19.8 Å². The van der Waals surface area contributed by atoms with Crippen molar-refractivity contribution < 1.29 is 140 Å². The summed E-state index contributed by atoms with van der Waals surface area (Å²) in [4.78, 5) is 51.5. The van der Waals surface area contributed by atoms with Crippen molar-refractivity contribution in [3.8, 4) is 0 Å². The molecule has 2 atom stereocenters. The van der Waals surface area contributed by atoms with Crippen LogP contribution in [0.15, 0.2) is 16.7 Å². The number of likely N-dealkylation sites (tertiary alicyclic amines) is 1. The maximum Gasteiger partial charge on any atom is 1.00 e. The van der Waals surface area contributed by atoms with Crippen LogP contribution in [0, 0.1) is 16.9 Å². The maximum absolute atomic E-state index is 12.5. The van der Waals surface area contributed by atoms with Crippen LogP contribution < -0.4 is 116 Å². The van der Waals surface area contributed by atoms with Gasteiger partial charge in [0.2, 0.25) is 5.97 Å². The minimum Gasteiger partial charge on any atom is -0.502 e. The fourth-order valence-corrected chi connectivity index (χ4v) is 3.13. The Morgan fingerprint density at radius 1 is 1.32 bits per heavy atom. The molecule has 9 nitrogen and oxygen atoms in total. The van der Waals surface area contributed by atoms with Crippen LogP contribution in [0.4, 0.5) is 4.79 Å². The monoisotopic (exact) mass is 493 g/mol. The second kappa shape index (κ2) is 11.8. The van der Waals surface area contributed by atoms with Gasteiger partial charge in [-0.3, -0.25) is 14.4 Å². The van der Waals surface area contributed by atoms with Crippen molar-refractivity contribution in [1.29, 1.82) is 0 Å². The fourth-order valence-electron chi connectivity index (χ4n) is 3.13. The van der Waals surface area contributed by atoms with Crippen LogP contribution in [-0.4, -0.2) is 35.9 Å². The molecule has 0 N–H and O–H groups in total. The molecular formula is C14H17N3O6Rb2. The van der Waals surface area contributed by atoms with E-state index in [9.17, 15) is 19.3 Å². The number of esters is 1. The molecule has 1 heterocycles. The maximum atomic E-state index is 12.5. The molecule has 0 aromatic rings. The predicted molar refractivity (Wildman–Crippen MR) is 77.2 cm³/mol. The van der Waals surface area contributed by atoms with Gasteiger partial charge in [0.15, 0.2) is 11.9 Å². The summed E-state index contributed by atoms with van der Waals surface area (Å²) in [5.41, 5.74) is 0.296. The molecule has 25 heavy (non-hydrogen) atoms. The quantitative estimate of drug-likeness (QED) is 0.0989. The first-order valence-electron chi connectivity index (χ1n) is 7.15. The first kappa shape index (κ1) is 26.0. The van der Waals surface area contributed by atoms with Crippen molar-refractivity contribution in [3.05, 3.63) is 27.7 Å². The van der Waals surface area contributed by atoms with Crippen molar-refractivity contribution in [2.24, 2.45) is 11.3 Å². The Morgan fingerprint density at radius 2 is 1.96 bits per heavy atom. The molecule has 1 aliphatic heterocycles. The van der Waals surface area contributed by atoms with Crippen molar-refractivity contribution in [2.45, 2.75) is 39.2 Å². The zero-order valence-corrected chi connectivity index (χ0v) is 24.9. The number of carbonyl (C=O) groups excluding carboxylic acids is 3. The second-order valence-electron chi connectivity index (χ2n) is 5.37. The number of nitrogens with zero attached hydrogens (tertiary/aromatic N) is 3. The zero-order chi connectivity index (χ0) is 17.1. The molecule has 0 radical (unpaired) electrons. The average Bonchev–Trinajstić information content (AvgIpc) is 3.05. The largest absolute Gasteiger partial charge is 1.00 e. The van der Waals surface area contributed by atoms with Gasteiger partial charge in [0, 0.05) is 5.57 Å². The summed E-state index contributed by atoms with van der Waals surface area (Å²) in [6.07, 6.45) is 1.95. The Hall–Kier alpha value is 1.03. The molecule has 2 aliphatic rings. The minimum atomic E-state index is -0.915. The molecule has 3 amide bonds. The number of hydrogen-bond acceptors (Lipinski definition) is 7. The van der Waals surface area contributed by atoms with Gasteiger partial charge >= 0.3 is 116 Å². The Kier molecular flexibility index (Phi) is 12.3. The molecular weight excluding hydrogens is 477 g/mol. The van der Waals surface area contributed by atoms with Gasteiger partial charge in [0.25, 0.3) is 0 Å². The van der Waals surface area contributed by atoms with Crippen LogP contribution in [0.5, 0.6) is 0 Å². The molecule has 126 valence electrons. The SMILES string of the molecule is C[N-]C(=O)N1C(=O)/C(=C(/C)OC(=O)[C-](C)ON=O)C2CCCC21.[Rb+].[Rb+]. The average molecular weight is 494 g/mol. The van der Waals surface area contributed by atoms with Crippen molar-refractivity contribution >= 4 is 17.9 Å². The van der Waals surface area contributed by atoms with Crippen molar-refractivity contribution in [3.63, 3.8) is 0 Å². The summed E-state index contributed by atoms with van der Waals surface area (Å²) in [5, 5.41) is 5.69. The van der Waals surface area contributed by atoms with Gasteiger partial charge in [-0.25, -0.2) is 0 Å². The standard InChI is InChI=1S/C14H18N3O6.2Rb/c1-7(22-13(19)8(2)23-16-21)11-9-5-4-6-10(9)17(12(11)18)14(20)15-3;;/h9-10H,4-6H2,1-3H3,(H,15,20);;/q-1;2*+1/p-1/b11-7-;;. The van der Waals surface area contributed by atoms with Crippen LogP contribution in [0.3, 0.4) is 0 Å². The van der Waals surface area contributed by atoms with Gasteiger partial charge in [0.1, 0.15) is 11.1 Å². The van der Waals surface area contributed by atoms with E-state index in [-0.39, 0.29) is 140 Å². The van der Waals surface area contributed by atoms with E-state index >= 15 is 0 Å². The van der Waals surface area contributed by atoms with Crippen LogP contribution in [0.1, 0.15) is 33.1 Å². The summed E-state index contributed by atoms with van der Waals surface area (Å²) >= 11 is 0. The van der Waals surface area contributed by atoms with E-state index in [1.54, 1.807) is 0 Å². The van der Waals surface area contributed by atoms with Crippen molar-refractivity contribution in [2.75, 3.05) is 7.05 Å². The van der Waals surface area contributed by atoms with Crippen LogP contribution in [0.25, 0.3) is 5.32 Å². The molecule has 1 saturated heterocycles. The Labute approximate surface area is 243 Å². The van der Waals surface area contributed by atoms with E-state index in [1.807, 2.05) is 0 Å². The molecule has 0 bridgehead atoms. The number of urea groups is 1.